The monoisotopic (exact) mass is 581 g/mol. The van der Waals surface area contributed by atoms with E-state index in [-0.39, 0.29) is 42.6 Å². The zero-order chi connectivity index (χ0) is 29.1. The number of hydrogen-bond acceptors (Lipinski definition) is 11. The Hall–Kier alpha value is -2.58. The second-order valence-electron chi connectivity index (χ2n) is 12.1. The zero-order valence-corrected chi connectivity index (χ0v) is 23.3. The maximum Gasteiger partial charge on any atom is 0.308 e. The van der Waals surface area contributed by atoms with Crippen LogP contribution >= 0.6 is 0 Å². The van der Waals surface area contributed by atoms with Crippen LogP contribution in [0, 0.1) is 23.6 Å². The first-order valence-corrected chi connectivity index (χ1v) is 14.4. The molecule has 1 aromatic rings. The lowest BCUT2D eigenvalue weighted by molar-refractivity contribution is -0.575. The number of ether oxygens (including phenoxy) is 5. The van der Waals surface area contributed by atoms with Crippen LogP contribution in [-0.2, 0) is 43.0 Å². The van der Waals surface area contributed by atoms with Crippen molar-refractivity contribution >= 4 is 11.9 Å². The highest BCUT2D eigenvalue weighted by molar-refractivity contribution is 5.77. The first-order valence-electron chi connectivity index (χ1n) is 14.4. The van der Waals surface area contributed by atoms with E-state index in [4.69, 9.17) is 33.5 Å². The minimum atomic E-state index is -1.06. The van der Waals surface area contributed by atoms with E-state index in [2.05, 4.69) is 0 Å². The Labute approximate surface area is 235 Å². The summed E-state index contributed by atoms with van der Waals surface area (Å²) in [6.45, 7) is 5.46. The van der Waals surface area contributed by atoms with Gasteiger partial charge in [-0.15, -0.1) is 0 Å². The van der Waals surface area contributed by atoms with Gasteiger partial charge in [0.25, 0.3) is 5.56 Å². The van der Waals surface area contributed by atoms with Crippen molar-refractivity contribution in [2.75, 3.05) is 0 Å². The van der Waals surface area contributed by atoms with E-state index < -0.39 is 71.5 Å². The van der Waals surface area contributed by atoms with Crippen molar-refractivity contribution in [2.45, 2.75) is 114 Å². The molecule has 7 rings (SSSR count). The molecule has 1 spiro atoms. The van der Waals surface area contributed by atoms with Gasteiger partial charge in [0.1, 0.15) is 6.10 Å². The topological polar surface area (TPSA) is 152 Å². The largest absolute Gasteiger partial charge is 0.494 e. The fourth-order valence-corrected chi connectivity index (χ4v) is 7.18. The van der Waals surface area contributed by atoms with E-state index in [0.717, 1.165) is 31.7 Å². The quantitative estimate of drug-likeness (QED) is 0.376. The number of esters is 2. The highest BCUT2D eigenvalue weighted by Gasteiger charge is 2.68. The van der Waals surface area contributed by atoms with E-state index in [0.29, 0.717) is 6.42 Å². The minimum Gasteiger partial charge on any atom is -0.494 e. The molecule has 12 nitrogen and oxygen atoms in total. The number of aromatic amines is 1. The summed E-state index contributed by atoms with van der Waals surface area (Å²) >= 11 is 0. The van der Waals surface area contributed by atoms with Crippen molar-refractivity contribution < 1.29 is 52.5 Å². The van der Waals surface area contributed by atoms with Crippen LogP contribution < -0.4 is 5.56 Å². The van der Waals surface area contributed by atoms with E-state index >= 15 is 0 Å². The predicted octanol–water partition coefficient (Wildman–Crippen LogP) is 3.27. The van der Waals surface area contributed by atoms with Crippen LogP contribution in [0.5, 0.6) is 5.88 Å². The molecule has 6 fully saturated rings. The van der Waals surface area contributed by atoms with Gasteiger partial charge in [0.15, 0.2) is 23.6 Å². The van der Waals surface area contributed by atoms with Crippen LogP contribution in [-0.4, -0.2) is 58.2 Å². The maximum absolute atomic E-state index is 13.7. The number of carbonyl (C=O) groups excluding carboxylic acids is 2. The van der Waals surface area contributed by atoms with Gasteiger partial charge < -0.3 is 28.8 Å². The fraction of sp³-hybridized carbons (Fsp3) is 0.750. The molecule has 0 aromatic carbocycles. The van der Waals surface area contributed by atoms with Gasteiger partial charge in [-0.1, -0.05) is 13.3 Å². The third kappa shape index (κ3) is 5.05. The molecule has 1 aromatic heterocycles. The lowest BCUT2D eigenvalue weighted by atomic mass is 9.61. The van der Waals surface area contributed by atoms with Crippen LogP contribution in [0.1, 0.15) is 83.8 Å². The molecular formula is C28H36FNO11. The van der Waals surface area contributed by atoms with Gasteiger partial charge >= 0.3 is 11.9 Å². The number of rotatable bonds is 6. The Morgan fingerprint density at radius 3 is 2.66 bits per heavy atom. The molecule has 5 saturated heterocycles. The first-order chi connectivity index (χ1) is 19.5. The number of nitrogens with one attached hydrogen (secondary N) is 1. The van der Waals surface area contributed by atoms with Crippen LogP contribution in [0.3, 0.4) is 0 Å². The minimum absolute atomic E-state index is 0.0116. The van der Waals surface area contributed by atoms with Crippen molar-refractivity contribution in [3.8, 4) is 5.88 Å². The van der Waals surface area contributed by atoms with Crippen LogP contribution in [0.25, 0.3) is 0 Å². The van der Waals surface area contributed by atoms with E-state index in [1.807, 2.05) is 18.8 Å². The van der Waals surface area contributed by atoms with Crippen molar-refractivity contribution in [1.82, 2.24) is 4.98 Å². The number of carbonyl (C=O) groups is 2. The highest BCUT2D eigenvalue weighted by Crippen LogP contribution is 2.59. The summed E-state index contributed by atoms with van der Waals surface area (Å²) in [6.07, 6.45) is 0.538. The summed E-state index contributed by atoms with van der Waals surface area (Å²) in [4.78, 5) is 50.5. The van der Waals surface area contributed by atoms with E-state index in [1.54, 1.807) is 6.92 Å². The fourth-order valence-electron chi connectivity index (χ4n) is 7.18. The lowest BCUT2D eigenvalue weighted by Gasteiger charge is -2.58. The molecule has 10 atom stereocenters. The number of pyridine rings is 1. The molecule has 226 valence electrons. The van der Waals surface area contributed by atoms with E-state index in [9.17, 15) is 23.9 Å². The van der Waals surface area contributed by atoms with Crippen LogP contribution in [0.15, 0.2) is 10.9 Å². The number of H-pyrrole nitrogens is 1. The number of aromatic nitrogens is 1. The Kier molecular flexibility index (Phi) is 7.38. The SMILES string of the molecule is CC1OC(c2cc(F)c(=O)[nH]c2O)CC1OC(=O)CCC(=O)OC1OC2OC3(C)CCC4CCCC(C1C)C42OO3. The molecular weight excluding hydrogens is 545 g/mol. The summed E-state index contributed by atoms with van der Waals surface area (Å²) in [5, 5.41) is 10.0. The number of halogens is 1. The maximum atomic E-state index is 13.7. The molecule has 10 unspecified atom stereocenters. The second-order valence-corrected chi connectivity index (χ2v) is 12.1. The van der Waals surface area contributed by atoms with Gasteiger partial charge in [0.05, 0.1) is 25.0 Å². The van der Waals surface area contributed by atoms with Gasteiger partial charge in [-0.3, -0.25) is 19.4 Å². The van der Waals surface area contributed by atoms with Crippen molar-refractivity contribution in [3.63, 3.8) is 0 Å². The molecule has 5 aliphatic heterocycles. The molecule has 1 aliphatic carbocycles. The highest BCUT2D eigenvalue weighted by atomic mass is 19.1. The molecule has 1 saturated carbocycles. The molecule has 6 aliphatic rings. The Balaban J connectivity index is 1.03. The Morgan fingerprint density at radius 2 is 1.88 bits per heavy atom. The summed E-state index contributed by atoms with van der Waals surface area (Å²) in [7, 11) is 0. The average molecular weight is 582 g/mol. The summed E-state index contributed by atoms with van der Waals surface area (Å²) in [5.41, 5.74) is -1.73. The number of aromatic hydroxyl groups is 1. The van der Waals surface area contributed by atoms with Gasteiger partial charge in [-0.25, -0.2) is 14.2 Å². The molecule has 2 N–H and O–H groups in total. The van der Waals surface area contributed by atoms with Crippen LogP contribution in [0.2, 0.25) is 0 Å². The van der Waals surface area contributed by atoms with Gasteiger partial charge in [0.2, 0.25) is 12.1 Å². The van der Waals surface area contributed by atoms with Gasteiger partial charge in [-0.05, 0) is 45.1 Å². The standard InChI is InChI=1S/C28H36FNO11/c1-13-17-6-4-5-15-9-10-27(3)39-26(28(15,17)41-40-27)38-25(13)37-22(32)8-7-21(31)36-19-12-20(35-14(19)2)16-11-18(29)24(34)30-23(16)33/h11,13-15,17,19-20,25-26H,4-10,12H2,1-3H3,(H2,30,33,34). The summed E-state index contributed by atoms with van der Waals surface area (Å²) in [6, 6.07) is 0.903. The van der Waals surface area contributed by atoms with Crippen LogP contribution in [0.4, 0.5) is 4.39 Å². The zero-order valence-electron chi connectivity index (χ0n) is 23.3. The van der Waals surface area contributed by atoms with E-state index in [1.165, 1.54) is 0 Å². The normalized spacial score (nSPS) is 41.4. The molecule has 6 heterocycles. The van der Waals surface area contributed by atoms with Crippen molar-refractivity contribution in [2.24, 2.45) is 17.8 Å². The smallest absolute Gasteiger partial charge is 0.308 e. The first kappa shape index (κ1) is 28.5. The lowest BCUT2D eigenvalue weighted by Crippen LogP contribution is -2.69. The number of hydrogen-bond donors (Lipinski definition) is 2. The molecule has 0 radical (unpaired) electrons. The molecule has 13 heteroatoms. The van der Waals surface area contributed by atoms with Gasteiger partial charge in [0, 0.05) is 30.2 Å². The third-order valence-corrected chi connectivity index (χ3v) is 9.40. The second kappa shape index (κ2) is 10.6. The molecule has 0 amide bonds. The van der Waals surface area contributed by atoms with Crippen molar-refractivity contribution in [3.05, 3.63) is 27.8 Å². The Bertz CT molecular complexity index is 1260. The molecule has 41 heavy (non-hydrogen) atoms. The predicted molar refractivity (Wildman–Crippen MR) is 134 cm³/mol. The summed E-state index contributed by atoms with van der Waals surface area (Å²) < 4.78 is 43.1. The third-order valence-electron chi connectivity index (χ3n) is 9.40. The molecule has 2 bridgehead atoms. The number of fused-ring (bicyclic) bond motifs is 2. The van der Waals surface area contributed by atoms with Gasteiger partial charge in [-0.2, -0.15) is 0 Å². The van der Waals surface area contributed by atoms with Crippen molar-refractivity contribution in [1.29, 1.82) is 0 Å². The Morgan fingerprint density at radius 1 is 1.12 bits per heavy atom. The average Bonchev–Trinajstić information content (AvgIpc) is 3.14. The summed E-state index contributed by atoms with van der Waals surface area (Å²) in [5.74, 6) is -3.68.